The maximum absolute atomic E-state index is 13.4. The van der Waals surface area contributed by atoms with E-state index in [1.54, 1.807) is 12.3 Å². The highest BCUT2D eigenvalue weighted by atomic mass is 79.9. The van der Waals surface area contributed by atoms with E-state index in [2.05, 4.69) is 25.7 Å². The number of methoxy groups -OCH3 is 1. The van der Waals surface area contributed by atoms with E-state index >= 15 is 0 Å². The predicted octanol–water partition coefficient (Wildman–Crippen LogP) is 5.14. The Morgan fingerprint density at radius 2 is 2.00 bits per heavy atom. The first kappa shape index (κ1) is 21.2. The van der Waals surface area contributed by atoms with Gasteiger partial charge in [-0.1, -0.05) is 37.5 Å². The molecule has 0 N–H and O–H groups in total. The van der Waals surface area contributed by atoms with Gasteiger partial charge in [0.1, 0.15) is 4.60 Å². The summed E-state index contributed by atoms with van der Waals surface area (Å²) in [4.78, 5) is 30.9. The summed E-state index contributed by atoms with van der Waals surface area (Å²) in [5, 5.41) is 0. The van der Waals surface area contributed by atoms with Crippen LogP contribution in [0.25, 0.3) is 6.08 Å². The molecule has 1 heterocycles. The van der Waals surface area contributed by atoms with E-state index in [1.807, 2.05) is 41.3 Å². The summed E-state index contributed by atoms with van der Waals surface area (Å²) in [6.07, 6.45) is 10.1. The Labute approximate surface area is 179 Å². The number of aromatic nitrogens is 1. The van der Waals surface area contributed by atoms with E-state index in [-0.39, 0.29) is 11.8 Å². The van der Waals surface area contributed by atoms with Crippen molar-refractivity contribution in [1.82, 2.24) is 4.98 Å². The number of hydrogen-bond acceptors (Lipinski definition) is 4. The van der Waals surface area contributed by atoms with Crippen LogP contribution in [0.5, 0.6) is 0 Å². The number of benzene rings is 1. The lowest BCUT2D eigenvalue weighted by molar-refractivity contribution is -0.134. The Bertz CT molecular complexity index is 874. The maximum Gasteiger partial charge on any atom is 0.330 e. The van der Waals surface area contributed by atoms with E-state index in [0.29, 0.717) is 6.54 Å². The fourth-order valence-corrected chi connectivity index (χ4v) is 3.81. The first-order valence-electron chi connectivity index (χ1n) is 9.84. The summed E-state index contributed by atoms with van der Waals surface area (Å²) in [6, 6.07) is 11.5. The smallest absolute Gasteiger partial charge is 0.330 e. The Balaban J connectivity index is 1.89. The summed E-state index contributed by atoms with van der Waals surface area (Å²) in [6.45, 7) is 0.458. The van der Waals surface area contributed by atoms with Crippen LogP contribution < -0.4 is 4.90 Å². The molecule has 1 saturated carbocycles. The lowest BCUT2D eigenvalue weighted by Gasteiger charge is -2.29. The number of carbonyl (C=O) groups is 2. The third-order valence-electron chi connectivity index (χ3n) is 5.14. The molecular formula is C23H25BrN2O3. The van der Waals surface area contributed by atoms with E-state index in [0.717, 1.165) is 47.1 Å². The Morgan fingerprint density at radius 3 is 2.69 bits per heavy atom. The van der Waals surface area contributed by atoms with Gasteiger partial charge in [0, 0.05) is 23.9 Å². The van der Waals surface area contributed by atoms with Crippen LogP contribution in [0.2, 0.25) is 0 Å². The van der Waals surface area contributed by atoms with E-state index < -0.39 is 5.97 Å². The number of nitrogens with zero attached hydrogens (tertiary/aromatic N) is 2. The zero-order chi connectivity index (χ0) is 20.6. The molecule has 0 radical (unpaired) electrons. The molecule has 1 aliphatic rings. The molecule has 1 aromatic heterocycles. The Morgan fingerprint density at radius 1 is 1.21 bits per heavy atom. The minimum atomic E-state index is -0.411. The summed E-state index contributed by atoms with van der Waals surface area (Å²) in [7, 11) is 1.35. The van der Waals surface area contributed by atoms with Crippen LogP contribution in [0.1, 0.15) is 43.2 Å². The van der Waals surface area contributed by atoms with Crippen molar-refractivity contribution in [3.05, 3.63) is 64.4 Å². The van der Waals surface area contributed by atoms with Gasteiger partial charge in [-0.3, -0.25) is 4.79 Å². The Kier molecular flexibility index (Phi) is 7.58. The standard InChI is InChI=1S/C23H25BrN2O3/c1-29-22(27)13-11-17-6-5-9-20(14-17)26(16-18-10-12-21(24)25-15-18)23(28)19-7-3-2-4-8-19/h5-6,9-15,19H,2-4,7-8,16H2,1H3. The Hall–Kier alpha value is -2.47. The number of ether oxygens (including phenoxy) is 1. The second kappa shape index (κ2) is 10.3. The highest BCUT2D eigenvalue weighted by Gasteiger charge is 2.27. The second-order valence-electron chi connectivity index (χ2n) is 7.20. The number of esters is 1. The molecule has 0 spiro atoms. The van der Waals surface area contributed by atoms with Crippen molar-refractivity contribution in [3.63, 3.8) is 0 Å². The van der Waals surface area contributed by atoms with Crippen LogP contribution in [0.15, 0.2) is 53.3 Å². The SMILES string of the molecule is COC(=O)C=Cc1cccc(N(Cc2ccc(Br)nc2)C(=O)C2CCCCC2)c1. The third kappa shape index (κ3) is 6.00. The van der Waals surface area contributed by atoms with Crippen LogP contribution in [-0.4, -0.2) is 24.0 Å². The van der Waals surface area contributed by atoms with Crippen LogP contribution in [0.3, 0.4) is 0 Å². The first-order chi connectivity index (χ1) is 14.1. The number of anilines is 1. The van der Waals surface area contributed by atoms with Crippen molar-refractivity contribution in [2.75, 3.05) is 12.0 Å². The van der Waals surface area contributed by atoms with Gasteiger partial charge in [-0.2, -0.15) is 0 Å². The van der Waals surface area contributed by atoms with Gasteiger partial charge in [-0.25, -0.2) is 9.78 Å². The van der Waals surface area contributed by atoms with Gasteiger partial charge in [0.2, 0.25) is 5.91 Å². The monoisotopic (exact) mass is 456 g/mol. The van der Waals surface area contributed by atoms with Crippen molar-refractivity contribution in [3.8, 4) is 0 Å². The molecule has 1 aliphatic carbocycles. The van der Waals surface area contributed by atoms with Crippen molar-refractivity contribution >= 4 is 39.6 Å². The highest BCUT2D eigenvalue weighted by molar-refractivity contribution is 9.10. The van der Waals surface area contributed by atoms with Crippen LogP contribution in [0, 0.1) is 5.92 Å². The van der Waals surface area contributed by atoms with Crippen molar-refractivity contribution in [2.24, 2.45) is 5.92 Å². The number of rotatable bonds is 6. The van der Waals surface area contributed by atoms with Crippen LogP contribution in [0.4, 0.5) is 5.69 Å². The summed E-state index contributed by atoms with van der Waals surface area (Å²) in [5.74, 6) is -0.199. The van der Waals surface area contributed by atoms with Gasteiger partial charge in [0.25, 0.3) is 0 Å². The summed E-state index contributed by atoms with van der Waals surface area (Å²) >= 11 is 3.36. The molecule has 3 rings (SSSR count). The molecule has 0 saturated heterocycles. The lowest BCUT2D eigenvalue weighted by Crippen LogP contribution is -2.36. The topological polar surface area (TPSA) is 59.5 Å². The molecule has 2 aromatic rings. The maximum atomic E-state index is 13.4. The molecular weight excluding hydrogens is 432 g/mol. The largest absolute Gasteiger partial charge is 0.466 e. The highest BCUT2D eigenvalue weighted by Crippen LogP contribution is 2.29. The van der Waals surface area contributed by atoms with Gasteiger partial charge in [-0.15, -0.1) is 0 Å². The zero-order valence-corrected chi connectivity index (χ0v) is 18.1. The number of carbonyl (C=O) groups excluding carboxylic acids is 2. The minimum absolute atomic E-state index is 0.0569. The van der Waals surface area contributed by atoms with E-state index in [4.69, 9.17) is 0 Å². The van der Waals surface area contributed by atoms with E-state index in [1.165, 1.54) is 19.6 Å². The molecule has 1 aromatic carbocycles. The first-order valence-corrected chi connectivity index (χ1v) is 10.6. The fourth-order valence-electron chi connectivity index (χ4n) is 3.58. The van der Waals surface area contributed by atoms with Crippen LogP contribution >= 0.6 is 15.9 Å². The number of halogens is 1. The molecule has 0 aliphatic heterocycles. The van der Waals surface area contributed by atoms with Gasteiger partial charge in [0.15, 0.2) is 0 Å². The number of hydrogen-bond donors (Lipinski definition) is 0. The summed E-state index contributed by atoms with van der Waals surface area (Å²) < 4.78 is 5.42. The quantitative estimate of drug-likeness (QED) is 0.342. The number of amides is 1. The molecule has 0 atom stereocenters. The van der Waals surface area contributed by atoms with Gasteiger partial charge in [0.05, 0.1) is 13.7 Å². The molecule has 6 heteroatoms. The minimum Gasteiger partial charge on any atom is -0.466 e. The van der Waals surface area contributed by atoms with Crippen LogP contribution in [-0.2, 0) is 20.9 Å². The van der Waals surface area contributed by atoms with Gasteiger partial charge in [-0.05, 0) is 64.2 Å². The zero-order valence-electron chi connectivity index (χ0n) is 16.5. The second-order valence-corrected chi connectivity index (χ2v) is 8.01. The lowest BCUT2D eigenvalue weighted by atomic mass is 9.88. The molecule has 0 unspecified atom stereocenters. The molecule has 5 nitrogen and oxygen atoms in total. The van der Waals surface area contributed by atoms with Crippen molar-refractivity contribution in [2.45, 2.75) is 38.6 Å². The average Bonchev–Trinajstić information content (AvgIpc) is 2.77. The van der Waals surface area contributed by atoms with Crippen molar-refractivity contribution in [1.29, 1.82) is 0 Å². The molecule has 0 bridgehead atoms. The fraction of sp³-hybridized carbons (Fsp3) is 0.348. The number of pyridine rings is 1. The molecule has 29 heavy (non-hydrogen) atoms. The summed E-state index contributed by atoms with van der Waals surface area (Å²) in [5.41, 5.74) is 2.62. The van der Waals surface area contributed by atoms with Gasteiger partial charge >= 0.3 is 5.97 Å². The normalized spacial score (nSPS) is 14.7. The predicted molar refractivity (Wildman–Crippen MR) is 117 cm³/mol. The molecule has 1 amide bonds. The van der Waals surface area contributed by atoms with Gasteiger partial charge < -0.3 is 9.64 Å². The molecule has 1 fully saturated rings. The average molecular weight is 457 g/mol. The van der Waals surface area contributed by atoms with E-state index in [9.17, 15) is 9.59 Å². The van der Waals surface area contributed by atoms with Crippen molar-refractivity contribution < 1.29 is 14.3 Å². The third-order valence-corrected chi connectivity index (χ3v) is 5.61. The molecule has 152 valence electrons.